The summed E-state index contributed by atoms with van der Waals surface area (Å²) in [5.41, 5.74) is 0. The summed E-state index contributed by atoms with van der Waals surface area (Å²) in [7, 11) is 0. The van der Waals surface area contributed by atoms with Gasteiger partial charge in [0.25, 0.3) is 0 Å². The number of aromatic carboxylic acids is 1. The first-order chi connectivity index (χ1) is 5.25. The fourth-order valence-electron chi connectivity index (χ4n) is 0.786. The van der Waals surface area contributed by atoms with E-state index in [9.17, 15) is 9.90 Å². The van der Waals surface area contributed by atoms with Crippen molar-refractivity contribution in [3.63, 3.8) is 0 Å². The molecule has 0 saturated carbocycles. The van der Waals surface area contributed by atoms with Crippen molar-refractivity contribution in [3.05, 3.63) is 30.9 Å². The van der Waals surface area contributed by atoms with Crippen molar-refractivity contribution in [3.8, 4) is 0 Å². The van der Waals surface area contributed by atoms with E-state index in [4.69, 9.17) is 0 Å². The molecule has 0 amide bonds. The van der Waals surface area contributed by atoms with Crippen LogP contribution in [-0.2, 0) is 6.54 Å². The van der Waals surface area contributed by atoms with E-state index in [1.54, 1.807) is 12.3 Å². The maximum atomic E-state index is 10.3. The summed E-state index contributed by atoms with van der Waals surface area (Å²) in [5, 5.41) is 10.3. The smallest absolute Gasteiger partial charge is 0.155 e. The van der Waals surface area contributed by atoms with Gasteiger partial charge in [-0.15, -0.1) is 6.58 Å². The number of allylic oxidation sites excluding steroid dienone is 1. The second-order valence-corrected chi connectivity index (χ2v) is 1.98. The Balaban J connectivity index is 2.95. The number of carbonyl (C=O) groups excluding carboxylic acids is 1. The lowest BCUT2D eigenvalue weighted by Crippen LogP contribution is -2.26. The Bertz CT molecular complexity index is 278. The first kappa shape index (κ1) is 7.53. The predicted octanol–water partition coefficient (Wildman–Crippen LogP) is -0.567. The van der Waals surface area contributed by atoms with Gasteiger partial charge in [-0.2, -0.15) is 0 Å². The molecule has 0 atom stereocenters. The Morgan fingerprint density at radius 2 is 2.64 bits per heavy atom. The van der Waals surface area contributed by atoms with Crippen LogP contribution in [0.2, 0.25) is 0 Å². The number of aromatic nitrogens is 2. The third-order valence-electron chi connectivity index (χ3n) is 1.22. The molecule has 1 aromatic rings. The lowest BCUT2D eigenvalue weighted by Gasteiger charge is -2.03. The third-order valence-corrected chi connectivity index (χ3v) is 1.22. The summed E-state index contributed by atoms with van der Waals surface area (Å²) >= 11 is 0. The number of nitrogens with zero attached hydrogens (tertiary/aromatic N) is 2. The number of hydrogen-bond acceptors (Lipinski definition) is 3. The molecule has 0 saturated heterocycles. The lowest BCUT2D eigenvalue weighted by atomic mass is 10.5. The molecule has 0 unspecified atom stereocenters. The Morgan fingerprint density at radius 3 is 3.18 bits per heavy atom. The molecule has 0 aliphatic heterocycles. The molecular weight excluding hydrogens is 144 g/mol. The van der Waals surface area contributed by atoms with Gasteiger partial charge < -0.3 is 14.5 Å². The van der Waals surface area contributed by atoms with Gasteiger partial charge in [-0.25, -0.2) is 4.98 Å². The van der Waals surface area contributed by atoms with Gasteiger partial charge in [0.05, 0.1) is 0 Å². The molecule has 0 aliphatic rings. The summed E-state index contributed by atoms with van der Waals surface area (Å²) in [4.78, 5) is 13.9. The van der Waals surface area contributed by atoms with Crippen LogP contribution in [0.3, 0.4) is 0 Å². The third kappa shape index (κ3) is 1.46. The highest BCUT2D eigenvalue weighted by molar-refractivity contribution is 5.81. The standard InChI is InChI=1S/C7H8N2O2/c1-2-4-9-5-3-8-6(9)7(10)11/h2-3,5H,1,4H2,(H,10,11)/p-1. The van der Waals surface area contributed by atoms with E-state index >= 15 is 0 Å². The maximum absolute atomic E-state index is 10.3. The van der Waals surface area contributed by atoms with E-state index in [1.807, 2.05) is 0 Å². The minimum atomic E-state index is -1.27. The molecule has 11 heavy (non-hydrogen) atoms. The first-order valence-electron chi connectivity index (χ1n) is 3.09. The molecule has 0 fully saturated rings. The fraction of sp³-hybridized carbons (Fsp3) is 0.143. The average Bonchev–Trinajstić information content (AvgIpc) is 2.36. The van der Waals surface area contributed by atoms with Gasteiger partial charge in [0.15, 0.2) is 5.82 Å². The van der Waals surface area contributed by atoms with Crippen molar-refractivity contribution in [2.24, 2.45) is 0 Å². The molecule has 1 heterocycles. The van der Waals surface area contributed by atoms with Crippen molar-refractivity contribution < 1.29 is 9.90 Å². The molecule has 0 N–H and O–H groups in total. The van der Waals surface area contributed by atoms with Crippen molar-refractivity contribution in [2.45, 2.75) is 6.54 Å². The number of imidazole rings is 1. The van der Waals surface area contributed by atoms with Crippen LogP contribution >= 0.6 is 0 Å². The van der Waals surface area contributed by atoms with Crippen molar-refractivity contribution in [1.29, 1.82) is 0 Å². The highest BCUT2D eigenvalue weighted by Gasteiger charge is 1.99. The minimum absolute atomic E-state index is 0.0649. The Labute approximate surface area is 63.8 Å². The SMILES string of the molecule is C=CCn1ccnc1C(=O)[O-]. The predicted molar refractivity (Wildman–Crippen MR) is 36.8 cm³/mol. The number of carboxylic acids is 1. The topological polar surface area (TPSA) is 58.0 Å². The summed E-state index contributed by atoms with van der Waals surface area (Å²) in [5.74, 6) is -1.33. The zero-order chi connectivity index (χ0) is 8.27. The molecule has 0 aliphatic carbocycles. The quantitative estimate of drug-likeness (QED) is 0.544. The van der Waals surface area contributed by atoms with E-state index in [1.165, 1.54) is 10.8 Å². The molecule has 58 valence electrons. The van der Waals surface area contributed by atoms with Crippen LogP contribution in [0.1, 0.15) is 10.6 Å². The van der Waals surface area contributed by atoms with Crippen LogP contribution in [0.15, 0.2) is 25.0 Å². The summed E-state index contributed by atoms with van der Waals surface area (Å²) in [6.07, 6.45) is 4.57. The molecule has 0 bridgehead atoms. The Kier molecular flexibility index (Phi) is 2.06. The molecule has 1 aromatic heterocycles. The number of carbonyl (C=O) groups is 1. The highest BCUT2D eigenvalue weighted by atomic mass is 16.4. The van der Waals surface area contributed by atoms with Gasteiger partial charge in [0.2, 0.25) is 0 Å². The Morgan fingerprint density at radius 1 is 1.91 bits per heavy atom. The molecule has 0 aromatic carbocycles. The molecule has 0 spiro atoms. The van der Waals surface area contributed by atoms with E-state index < -0.39 is 5.97 Å². The van der Waals surface area contributed by atoms with Crippen molar-refractivity contribution >= 4 is 5.97 Å². The first-order valence-corrected chi connectivity index (χ1v) is 3.09. The molecule has 4 heteroatoms. The van der Waals surface area contributed by atoms with Gasteiger partial charge in [-0.1, -0.05) is 6.08 Å². The number of rotatable bonds is 3. The van der Waals surface area contributed by atoms with Crippen LogP contribution in [0.4, 0.5) is 0 Å². The maximum Gasteiger partial charge on any atom is 0.155 e. The molecule has 1 rings (SSSR count). The summed E-state index contributed by atoms with van der Waals surface area (Å²) in [6.45, 7) is 3.91. The van der Waals surface area contributed by atoms with E-state index in [0.29, 0.717) is 6.54 Å². The van der Waals surface area contributed by atoms with Gasteiger partial charge in [0.1, 0.15) is 5.97 Å². The van der Waals surface area contributed by atoms with Gasteiger partial charge in [0, 0.05) is 18.9 Å². The molecular formula is C7H7N2O2-. The minimum Gasteiger partial charge on any atom is -0.542 e. The second kappa shape index (κ2) is 3.01. The van der Waals surface area contributed by atoms with Crippen LogP contribution < -0.4 is 5.11 Å². The van der Waals surface area contributed by atoms with E-state index in [2.05, 4.69) is 11.6 Å². The van der Waals surface area contributed by atoms with Crippen LogP contribution in [0.5, 0.6) is 0 Å². The summed E-state index contributed by atoms with van der Waals surface area (Å²) in [6, 6.07) is 0. The highest BCUT2D eigenvalue weighted by Crippen LogP contribution is 1.95. The summed E-state index contributed by atoms with van der Waals surface area (Å²) < 4.78 is 1.45. The molecule has 0 radical (unpaired) electrons. The van der Waals surface area contributed by atoms with Crippen LogP contribution in [0, 0.1) is 0 Å². The van der Waals surface area contributed by atoms with Gasteiger partial charge in [-0.05, 0) is 0 Å². The van der Waals surface area contributed by atoms with Gasteiger partial charge in [-0.3, -0.25) is 0 Å². The second-order valence-electron chi connectivity index (χ2n) is 1.98. The van der Waals surface area contributed by atoms with Gasteiger partial charge >= 0.3 is 0 Å². The average molecular weight is 151 g/mol. The zero-order valence-electron chi connectivity index (χ0n) is 5.86. The fourth-order valence-corrected chi connectivity index (χ4v) is 0.786. The largest absolute Gasteiger partial charge is 0.542 e. The van der Waals surface area contributed by atoms with E-state index in [-0.39, 0.29) is 5.82 Å². The monoisotopic (exact) mass is 151 g/mol. The van der Waals surface area contributed by atoms with Crippen LogP contribution in [-0.4, -0.2) is 15.5 Å². The zero-order valence-corrected chi connectivity index (χ0v) is 5.86. The Hall–Kier alpha value is -1.58. The lowest BCUT2D eigenvalue weighted by molar-refractivity contribution is -0.256. The number of hydrogen-bond donors (Lipinski definition) is 0. The van der Waals surface area contributed by atoms with E-state index in [0.717, 1.165) is 0 Å². The number of carboxylic acid groups (broad SMARTS) is 1. The van der Waals surface area contributed by atoms with Crippen molar-refractivity contribution in [1.82, 2.24) is 9.55 Å². The molecule has 4 nitrogen and oxygen atoms in total. The van der Waals surface area contributed by atoms with Crippen molar-refractivity contribution in [2.75, 3.05) is 0 Å². The van der Waals surface area contributed by atoms with Crippen LogP contribution in [0.25, 0.3) is 0 Å². The normalized spacial score (nSPS) is 9.45.